The molecule has 3 nitrogen and oxygen atoms in total. The Kier molecular flexibility index (Phi) is 3.33. The fraction of sp³-hybridized carbons (Fsp3) is 0.588. The van der Waals surface area contributed by atoms with Gasteiger partial charge in [0, 0.05) is 18.8 Å². The monoisotopic (exact) mass is 272 g/mol. The van der Waals surface area contributed by atoms with Gasteiger partial charge in [-0.25, -0.2) is 0 Å². The summed E-state index contributed by atoms with van der Waals surface area (Å²) >= 11 is 0. The zero-order chi connectivity index (χ0) is 14.4. The third-order valence-corrected chi connectivity index (χ3v) is 5.19. The normalized spacial score (nSPS) is 31.6. The summed E-state index contributed by atoms with van der Waals surface area (Å²) in [5.41, 5.74) is 9.66. The average molecular weight is 272 g/mol. The Balaban J connectivity index is 1.83. The number of hydrogen-bond acceptors (Lipinski definition) is 2. The molecule has 4 unspecified atom stereocenters. The summed E-state index contributed by atoms with van der Waals surface area (Å²) in [6.45, 7) is 4.14. The molecule has 1 aromatic rings. The summed E-state index contributed by atoms with van der Waals surface area (Å²) < 4.78 is 0. The Labute approximate surface area is 121 Å². The van der Waals surface area contributed by atoms with Gasteiger partial charge in [-0.05, 0) is 68.2 Å². The molecule has 0 heterocycles. The van der Waals surface area contributed by atoms with Crippen LogP contribution in [-0.2, 0) is 4.79 Å². The molecule has 0 spiro atoms. The Hall–Kier alpha value is -1.35. The summed E-state index contributed by atoms with van der Waals surface area (Å²) in [5, 5.41) is 0. The van der Waals surface area contributed by atoms with Crippen LogP contribution in [0.15, 0.2) is 18.2 Å². The predicted molar refractivity (Wildman–Crippen MR) is 81.6 cm³/mol. The van der Waals surface area contributed by atoms with Crippen LogP contribution in [0.4, 0.5) is 5.69 Å². The number of fused-ring (bicyclic) bond motifs is 2. The molecule has 2 aliphatic carbocycles. The Morgan fingerprint density at radius 2 is 1.75 bits per heavy atom. The molecule has 20 heavy (non-hydrogen) atoms. The van der Waals surface area contributed by atoms with Crippen molar-refractivity contribution in [1.82, 2.24) is 0 Å². The predicted octanol–water partition coefficient (Wildman–Crippen LogP) is 2.64. The van der Waals surface area contributed by atoms with Crippen LogP contribution >= 0.6 is 0 Å². The number of carbonyl (C=O) groups is 1. The summed E-state index contributed by atoms with van der Waals surface area (Å²) in [6, 6.07) is 6.34. The quantitative estimate of drug-likeness (QED) is 0.899. The smallest absolute Gasteiger partial charge is 0.231 e. The topological polar surface area (TPSA) is 46.3 Å². The molecule has 1 aromatic carbocycles. The van der Waals surface area contributed by atoms with Crippen molar-refractivity contribution in [3.05, 3.63) is 29.3 Å². The molecule has 2 aliphatic rings. The first-order chi connectivity index (χ1) is 9.47. The molecule has 0 radical (unpaired) electrons. The number of nitrogens with zero attached hydrogens (tertiary/aromatic N) is 1. The van der Waals surface area contributed by atoms with E-state index >= 15 is 0 Å². The summed E-state index contributed by atoms with van der Waals surface area (Å²) in [7, 11) is 1.88. The van der Waals surface area contributed by atoms with Gasteiger partial charge < -0.3 is 10.6 Å². The zero-order valence-electron chi connectivity index (χ0n) is 12.6. The molecule has 3 rings (SSSR count). The summed E-state index contributed by atoms with van der Waals surface area (Å²) in [5.74, 6) is 1.31. The van der Waals surface area contributed by atoms with Crippen LogP contribution in [-0.4, -0.2) is 19.0 Å². The van der Waals surface area contributed by atoms with Crippen molar-refractivity contribution in [1.29, 1.82) is 0 Å². The maximum atomic E-state index is 12.8. The molecule has 2 bridgehead atoms. The largest absolute Gasteiger partial charge is 0.327 e. The second-order valence-electron chi connectivity index (χ2n) is 6.68. The number of hydrogen-bond donors (Lipinski definition) is 1. The maximum Gasteiger partial charge on any atom is 0.231 e. The van der Waals surface area contributed by atoms with Gasteiger partial charge in [-0.3, -0.25) is 4.79 Å². The minimum Gasteiger partial charge on any atom is -0.327 e. The fourth-order valence-corrected chi connectivity index (χ4v) is 4.20. The summed E-state index contributed by atoms with van der Waals surface area (Å²) in [6.07, 6.45) is 3.54. The van der Waals surface area contributed by atoms with Gasteiger partial charge in [0.25, 0.3) is 0 Å². The summed E-state index contributed by atoms with van der Waals surface area (Å²) in [4.78, 5) is 14.6. The molecule has 1 amide bonds. The van der Waals surface area contributed by atoms with Gasteiger partial charge in [0.2, 0.25) is 5.91 Å². The minimum atomic E-state index is 0.0274. The third kappa shape index (κ3) is 2.14. The van der Waals surface area contributed by atoms with Crippen LogP contribution in [0.1, 0.15) is 30.4 Å². The van der Waals surface area contributed by atoms with Crippen LogP contribution in [0.25, 0.3) is 0 Å². The molecule has 0 saturated heterocycles. The van der Waals surface area contributed by atoms with Crippen LogP contribution < -0.4 is 10.6 Å². The van der Waals surface area contributed by atoms with Crippen molar-refractivity contribution in [3.8, 4) is 0 Å². The average Bonchev–Trinajstić information content (AvgIpc) is 2.96. The van der Waals surface area contributed by atoms with E-state index in [2.05, 4.69) is 32.0 Å². The first kappa shape index (κ1) is 13.6. The van der Waals surface area contributed by atoms with Gasteiger partial charge in [-0.2, -0.15) is 0 Å². The van der Waals surface area contributed by atoms with Crippen molar-refractivity contribution in [2.24, 2.45) is 23.5 Å². The highest BCUT2D eigenvalue weighted by atomic mass is 16.2. The van der Waals surface area contributed by atoms with E-state index in [9.17, 15) is 4.79 Å². The van der Waals surface area contributed by atoms with E-state index in [1.165, 1.54) is 24.0 Å². The van der Waals surface area contributed by atoms with Crippen molar-refractivity contribution in [2.45, 2.75) is 39.2 Å². The minimum absolute atomic E-state index is 0.0274. The number of benzene rings is 1. The van der Waals surface area contributed by atoms with E-state index in [0.717, 1.165) is 12.1 Å². The fourth-order valence-electron chi connectivity index (χ4n) is 4.20. The van der Waals surface area contributed by atoms with E-state index in [4.69, 9.17) is 5.73 Å². The van der Waals surface area contributed by atoms with E-state index in [0.29, 0.717) is 11.8 Å². The number of nitrogens with two attached hydrogens (primary N) is 1. The SMILES string of the molecule is Cc1cc(C)cc(N(C)C(=O)C2C3CCC(C3)C2N)c1. The molecule has 2 N–H and O–H groups in total. The molecular weight excluding hydrogens is 248 g/mol. The highest BCUT2D eigenvalue weighted by Crippen LogP contribution is 2.48. The van der Waals surface area contributed by atoms with Crippen molar-refractivity contribution in [2.75, 3.05) is 11.9 Å². The molecular formula is C17H24N2O. The van der Waals surface area contributed by atoms with Crippen molar-refractivity contribution >= 4 is 11.6 Å². The number of anilines is 1. The first-order valence-corrected chi connectivity index (χ1v) is 7.59. The Bertz CT molecular complexity index is 518. The number of aryl methyl sites for hydroxylation is 2. The van der Waals surface area contributed by atoms with E-state index < -0.39 is 0 Å². The molecule has 2 fully saturated rings. The lowest BCUT2D eigenvalue weighted by atomic mass is 9.84. The van der Waals surface area contributed by atoms with Crippen LogP contribution in [0.2, 0.25) is 0 Å². The number of amides is 1. The molecule has 2 saturated carbocycles. The molecule has 4 atom stereocenters. The van der Waals surface area contributed by atoms with Gasteiger partial charge in [-0.15, -0.1) is 0 Å². The Morgan fingerprint density at radius 3 is 2.30 bits per heavy atom. The molecule has 108 valence electrons. The number of carbonyl (C=O) groups excluding carboxylic acids is 1. The van der Waals surface area contributed by atoms with E-state index in [1.807, 2.05) is 11.9 Å². The molecule has 3 heteroatoms. The lowest BCUT2D eigenvalue weighted by Gasteiger charge is -2.31. The van der Waals surface area contributed by atoms with Crippen molar-refractivity contribution < 1.29 is 4.79 Å². The lowest BCUT2D eigenvalue weighted by molar-refractivity contribution is -0.124. The van der Waals surface area contributed by atoms with Crippen molar-refractivity contribution in [3.63, 3.8) is 0 Å². The molecule has 0 aliphatic heterocycles. The van der Waals surface area contributed by atoms with E-state index in [1.54, 1.807) is 0 Å². The van der Waals surface area contributed by atoms with Crippen LogP contribution in [0.5, 0.6) is 0 Å². The number of rotatable bonds is 2. The third-order valence-electron chi connectivity index (χ3n) is 5.19. The maximum absolute atomic E-state index is 12.8. The van der Waals surface area contributed by atoms with Gasteiger partial charge in [0.05, 0.1) is 5.92 Å². The lowest BCUT2D eigenvalue weighted by Crippen LogP contribution is -2.46. The Morgan fingerprint density at radius 1 is 1.15 bits per heavy atom. The standard InChI is InChI=1S/C17H24N2O/c1-10-6-11(2)8-14(7-10)19(3)17(20)15-12-4-5-13(9-12)16(15)18/h6-8,12-13,15-16H,4-5,9,18H2,1-3H3. The van der Waals surface area contributed by atoms with E-state index in [-0.39, 0.29) is 17.9 Å². The second-order valence-corrected chi connectivity index (χ2v) is 6.68. The van der Waals surface area contributed by atoms with Gasteiger partial charge in [0.1, 0.15) is 0 Å². The highest BCUT2D eigenvalue weighted by Gasteiger charge is 2.49. The van der Waals surface area contributed by atoms with Crippen LogP contribution in [0, 0.1) is 31.6 Å². The molecule has 0 aromatic heterocycles. The zero-order valence-corrected chi connectivity index (χ0v) is 12.6. The second kappa shape index (κ2) is 4.88. The van der Waals surface area contributed by atoms with Gasteiger partial charge in [0.15, 0.2) is 0 Å². The first-order valence-electron chi connectivity index (χ1n) is 7.59. The highest BCUT2D eigenvalue weighted by molar-refractivity contribution is 5.95. The van der Waals surface area contributed by atoms with Gasteiger partial charge >= 0.3 is 0 Å². The van der Waals surface area contributed by atoms with Gasteiger partial charge in [-0.1, -0.05) is 6.07 Å². The van der Waals surface area contributed by atoms with Crippen LogP contribution in [0.3, 0.4) is 0 Å².